The molecule has 12 nitrogen and oxygen atoms in total. The molecule has 7 rings (SSSR count). The Morgan fingerprint density at radius 1 is 0.875 bits per heavy atom. The molecule has 0 aliphatic carbocycles. The fourth-order valence-electron chi connectivity index (χ4n) is 5.75. The van der Waals surface area contributed by atoms with Crippen LogP contribution in [0.25, 0.3) is 39.6 Å². The van der Waals surface area contributed by atoms with Crippen molar-refractivity contribution in [3.05, 3.63) is 102 Å². The molecule has 0 spiro atoms. The van der Waals surface area contributed by atoms with E-state index in [1.165, 1.54) is 5.56 Å². The van der Waals surface area contributed by atoms with Gasteiger partial charge in [0.25, 0.3) is 0 Å². The van der Waals surface area contributed by atoms with E-state index in [9.17, 15) is 5.11 Å². The van der Waals surface area contributed by atoms with Crippen LogP contribution in [0.4, 0.5) is 11.6 Å². The number of likely N-dealkylation sites (tertiary alicyclic amines) is 1. The van der Waals surface area contributed by atoms with Gasteiger partial charge in [-0.1, -0.05) is 32.0 Å². The molecule has 0 amide bonds. The molecule has 6 heterocycles. The molecule has 5 aromatic heterocycles. The van der Waals surface area contributed by atoms with Crippen LogP contribution in [0.15, 0.2) is 85.3 Å². The van der Waals surface area contributed by atoms with Gasteiger partial charge in [0.2, 0.25) is 5.82 Å². The van der Waals surface area contributed by atoms with Crippen molar-refractivity contribution in [2.45, 2.75) is 45.9 Å². The molecule has 0 atom stereocenters. The summed E-state index contributed by atoms with van der Waals surface area (Å²) >= 11 is 0. The van der Waals surface area contributed by atoms with Crippen LogP contribution in [0.3, 0.4) is 0 Å². The number of nitrogens with one attached hydrogen (secondary N) is 1. The van der Waals surface area contributed by atoms with E-state index in [0.29, 0.717) is 40.5 Å². The first-order chi connectivity index (χ1) is 23.6. The minimum Gasteiger partial charge on any atom is -0.392 e. The van der Waals surface area contributed by atoms with Gasteiger partial charge in [-0.15, -0.1) is 0 Å². The number of hydrogen-bond donors (Lipinski definition) is 3. The molecule has 6 aromatic rings. The minimum atomic E-state index is -0.0666. The predicted octanol–water partition coefficient (Wildman–Crippen LogP) is 5.38. The van der Waals surface area contributed by atoms with Crippen molar-refractivity contribution in [1.29, 1.82) is 5.26 Å². The normalized spacial score (nSPS) is 13.5. The smallest absolute Gasteiger partial charge is 0.234 e. The molecule has 1 aromatic carbocycles. The third-order valence-electron chi connectivity index (χ3n) is 8.15. The van der Waals surface area contributed by atoms with Crippen LogP contribution >= 0.6 is 0 Å². The van der Waals surface area contributed by atoms with Crippen molar-refractivity contribution < 1.29 is 5.11 Å². The number of piperidine rings is 1. The molecule has 12 heteroatoms. The Balaban J connectivity index is 0.00000197. The monoisotopic (exact) mass is 639 g/mol. The first-order valence-corrected chi connectivity index (χ1v) is 16.1. The van der Waals surface area contributed by atoms with Crippen LogP contribution in [0.2, 0.25) is 0 Å². The number of aliphatic hydroxyl groups excluding tert-OH is 1. The lowest BCUT2D eigenvalue weighted by Crippen LogP contribution is -2.38. The molecule has 4 N–H and O–H groups in total. The summed E-state index contributed by atoms with van der Waals surface area (Å²) in [7, 11) is 0. The van der Waals surface area contributed by atoms with Gasteiger partial charge >= 0.3 is 0 Å². The summed E-state index contributed by atoms with van der Waals surface area (Å²) in [5, 5.41) is 21.9. The zero-order chi connectivity index (χ0) is 33.5. The SMILES string of the molecule is CC.N#Cc1nccc(NC2CCN(Cc3ccc(-n4c(-c5cccnc5N)nc5ccc(-c6ccc(CO)cn6)nc54)cc3)CC2)n1. The molecule has 0 bridgehead atoms. The van der Waals surface area contributed by atoms with E-state index >= 15 is 0 Å². The molecule has 48 heavy (non-hydrogen) atoms. The fourth-order valence-corrected chi connectivity index (χ4v) is 5.75. The fraction of sp³-hybridized carbons (Fsp3) is 0.250. The Hall–Kier alpha value is -5.77. The summed E-state index contributed by atoms with van der Waals surface area (Å²) in [5.74, 6) is 1.91. The van der Waals surface area contributed by atoms with Gasteiger partial charge in [0.05, 0.1) is 23.6 Å². The summed E-state index contributed by atoms with van der Waals surface area (Å²) < 4.78 is 2.01. The van der Waals surface area contributed by atoms with Gasteiger partial charge < -0.3 is 16.2 Å². The van der Waals surface area contributed by atoms with Crippen LogP contribution in [0, 0.1) is 11.3 Å². The van der Waals surface area contributed by atoms with E-state index in [0.717, 1.165) is 54.8 Å². The second kappa shape index (κ2) is 14.8. The number of nitriles is 1. The lowest BCUT2D eigenvalue weighted by atomic mass is 10.0. The van der Waals surface area contributed by atoms with Crippen LogP contribution in [0.5, 0.6) is 0 Å². The van der Waals surface area contributed by atoms with E-state index in [1.807, 2.05) is 60.9 Å². The summed E-state index contributed by atoms with van der Waals surface area (Å²) in [6.45, 7) is 6.67. The molecule has 0 saturated carbocycles. The lowest BCUT2D eigenvalue weighted by molar-refractivity contribution is 0.211. The van der Waals surface area contributed by atoms with Gasteiger partial charge in [-0.25, -0.2) is 24.9 Å². The number of rotatable bonds is 8. The third-order valence-corrected chi connectivity index (χ3v) is 8.15. The Morgan fingerprint density at radius 2 is 1.65 bits per heavy atom. The lowest BCUT2D eigenvalue weighted by Gasteiger charge is -2.32. The molecule has 0 unspecified atom stereocenters. The Labute approximate surface area is 279 Å². The van der Waals surface area contributed by atoms with Crippen LogP contribution in [-0.4, -0.2) is 63.6 Å². The Kier molecular flexibility index (Phi) is 9.90. The maximum Gasteiger partial charge on any atom is 0.234 e. The molecule has 1 fully saturated rings. The second-order valence-corrected chi connectivity index (χ2v) is 11.2. The molecular formula is C36H37N11O. The van der Waals surface area contributed by atoms with Crippen molar-refractivity contribution in [2.75, 3.05) is 24.1 Å². The van der Waals surface area contributed by atoms with E-state index < -0.39 is 0 Å². The number of anilines is 2. The Morgan fingerprint density at radius 3 is 2.35 bits per heavy atom. The molecule has 1 aliphatic rings. The maximum absolute atomic E-state index is 9.42. The van der Waals surface area contributed by atoms with Gasteiger partial charge in [-0.2, -0.15) is 5.26 Å². The van der Waals surface area contributed by atoms with E-state index in [2.05, 4.69) is 54.4 Å². The standard InChI is InChI=1S/C34H31N11O.C2H6/c35-18-31-37-15-11-30(43-31)40-24-12-16-44(17-13-24)20-22-3-6-25(7-4-22)45-33(26-2-1-14-38-32(26)36)42-29-10-9-28(41-34(29)45)27-8-5-23(21-46)19-39-27;1-2/h1-11,14-15,19,24,46H,12-13,16-17,20-21H2,(H2,36,38)(H,37,40,43);1-2H3. The largest absolute Gasteiger partial charge is 0.392 e. The van der Waals surface area contributed by atoms with Crippen molar-refractivity contribution in [1.82, 2.24) is 39.4 Å². The van der Waals surface area contributed by atoms with Crippen LogP contribution in [0.1, 0.15) is 43.6 Å². The number of aromatic nitrogens is 7. The number of nitrogens with zero attached hydrogens (tertiary/aromatic N) is 9. The zero-order valence-corrected chi connectivity index (χ0v) is 27.0. The maximum atomic E-state index is 9.42. The second-order valence-electron chi connectivity index (χ2n) is 11.2. The highest BCUT2D eigenvalue weighted by atomic mass is 16.3. The number of fused-ring (bicyclic) bond motifs is 1. The topological polar surface area (TPSA) is 168 Å². The molecule has 1 aliphatic heterocycles. The number of nitrogens with two attached hydrogens (primary N) is 1. The quantitative estimate of drug-likeness (QED) is 0.195. The first-order valence-electron chi connectivity index (χ1n) is 16.1. The third kappa shape index (κ3) is 6.97. The van der Waals surface area contributed by atoms with Crippen molar-refractivity contribution in [3.63, 3.8) is 0 Å². The zero-order valence-electron chi connectivity index (χ0n) is 27.0. The van der Waals surface area contributed by atoms with Gasteiger partial charge in [0, 0.05) is 50.0 Å². The number of aliphatic hydroxyl groups is 1. The molecular weight excluding hydrogens is 602 g/mol. The highest BCUT2D eigenvalue weighted by Crippen LogP contribution is 2.32. The van der Waals surface area contributed by atoms with Gasteiger partial charge in [0.1, 0.15) is 23.2 Å². The summed E-state index contributed by atoms with van der Waals surface area (Å²) in [6.07, 6.45) is 6.89. The van der Waals surface area contributed by atoms with Crippen molar-refractivity contribution in [3.8, 4) is 34.5 Å². The molecule has 1 saturated heterocycles. The van der Waals surface area contributed by atoms with Crippen molar-refractivity contribution >= 4 is 22.8 Å². The first kappa shape index (κ1) is 32.2. The average Bonchev–Trinajstić information content (AvgIpc) is 3.52. The van der Waals surface area contributed by atoms with Gasteiger partial charge in [0.15, 0.2) is 11.5 Å². The highest BCUT2D eigenvalue weighted by Gasteiger charge is 2.21. The minimum absolute atomic E-state index is 0.0666. The summed E-state index contributed by atoms with van der Waals surface area (Å²) in [5.41, 5.74) is 12.7. The summed E-state index contributed by atoms with van der Waals surface area (Å²) in [4.78, 5) is 29.4. The number of benzene rings is 1. The van der Waals surface area contributed by atoms with E-state index in [4.69, 9.17) is 21.0 Å². The van der Waals surface area contributed by atoms with E-state index in [-0.39, 0.29) is 12.4 Å². The number of pyridine rings is 3. The molecule has 242 valence electrons. The predicted molar refractivity (Wildman–Crippen MR) is 186 cm³/mol. The number of imidazole rings is 1. The number of nitrogen functional groups attached to an aromatic ring is 1. The number of hydrogen-bond acceptors (Lipinski definition) is 11. The van der Waals surface area contributed by atoms with E-state index in [1.54, 1.807) is 24.7 Å². The van der Waals surface area contributed by atoms with Gasteiger partial charge in [-0.05, 0) is 72.5 Å². The summed E-state index contributed by atoms with van der Waals surface area (Å²) in [6, 6.07) is 23.8. The average molecular weight is 640 g/mol. The van der Waals surface area contributed by atoms with Crippen LogP contribution < -0.4 is 11.1 Å². The molecule has 0 radical (unpaired) electrons. The van der Waals surface area contributed by atoms with Crippen LogP contribution in [-0.2, 0) is 13.2 Å². The Bertz CT molecular complexity index is 2030. The highest BCUT2D eigenvalue weighted by molar-refractivity contribution is 5.84. The van der Waals surface area contributed by atoms with Crippen molar-refractivity contribution in [2.24, 2.45) is 0 Å². The van der Waals surface area contributed by atoms with Gasteiger partial charge in [-0.3, -0.25) is 14.5 Å².